The van der Waals surface area contributed by atoms with Crippen molar-refractivity contribution in [3.8, 4) is 0 Å². The van der Waals surface area contributed by atoms with Gasteiger partial charge in [0.05, 0.1) is 12.2 Å². The van der Waals surface area contributed by atoms with Crippen molar-refractivity contribution >= 4 is 34.5 Å². The molecule has 1 rings (SSSR count). The fourth-order valence-corrected chi connectivity index (χ4v) is 2.69. The standard InChI is InChI=1S/C15H21BrO2S/c1-3-5-6-11(4-2)10-18-15(17)13-8-7-12(16)9-14(13)19/h7-9,11,19H,3-6,10H2,1-2H3. The van der Waals surface area contributed by atoms with Gasteiger partial charge in [0.2, 0.25) is 0 Å². The Morgan fingerprint density at radius 2 is 2.16 bits per heavy atom. The summed E-state index contributed by atoms with van der Waals surface area (Å²) >= 11 is 7.65. The second kappa shape index (κ2) is 8.64. The maximum Gasteiger partial charge on any atom is 0.339 e. The minimum atomic E-state index is -0.285. The number of halogens is 1. The highest BCUT2D eigenvalue weighted by atomic mass is 79.9. The van der Waals surface area contributed by atoms with Crippen molar-refractivity contribution in [3.63, 3.8) is 0 Å². The second-order valence-corrected chi connectivity index (χ2v) is 6.07. The van der Waals surface area contributed by atoms with E-state index < -0.39 is 0 Å². The molecule has 1 unspecified atom stereocenters. The van der Waals surface area contributed by atoms with Crippen LogP contribution < -0.4 is 0 Å². The van der Waals surface area contributed by atoms with Gasteiger partial charge < -0.3 is 4.74 Å². The molecule has 0 bridgehead atoms. The molecule has 19 heavy (non-hydrogen) atoms. The van der Waals surface area contributed by atoms with Gasteiger partial charge in [-0.2, -0.15) is 0 Å². The van der Waals surface area contributed by atoms with Crippen LogP contribution in [0.25, 0.3) is 0 Å². The quantitative estimate of drug-likeness (QED) is 0.549. The maximum absolute atomic E-state index is 12.0. The van der Waals surface area contributed by atoms with Crippen molar-refractivity contribution in [1.29, 1.82) is 0 Å². The van der Waals surface area contributed by atoms with Crippen molar-refractivity contribution in [2.45, 2.75) is 44.4 Å². The van der Waals surface area contributed by atoms with Gasteiger partial charge in [-0.05, 0) is 30.5 Å². The molecule has 106 valence electrons. The van der Waals surface area contributed by atoms with Crippen LogP contribution in [0, 0.1) is 5.92 Å². The molecule has 1 atom stereocenters. The number of carbonyl (C=O) groups excluding carboxylic acids is 1. The third kappa shape index (κ3) is 5.57. The van der Waals surface area contributed by atoms with Crippen molar-refractivity contribution in [2.75, 3.05) is 6.61 Å². The summed E-state index contributed by atoms with van der Waals surface area (Å²) in [7, 11) is 0. The Kier molecular flexibility index (Phi) is 7.54. The summed E-state index contributed by atoms with van der Waals surface area (Å²) < 4.78 is 6.30. The van der Waals surface area contributed by atoms with E-state index in [0.29, 0.717) is 23.0 Å². The van der Waals surface area contributed by atoms with E-state index in [9.17, 15) is 4.79 Å². The van der Waals surface area contributed by atoms with Gasteiger partial charge in [0.15, 0.2) is 0 Å². The monoisotopic (exact) mass is 344 g/mol. The molecule has 0 amide bonds. The van der Waals surface area contributed by atoms with Crippen LogP contribution in [0.15, 0.2) is 27.6 Å². The van der Waals surface area contributed by atoms with Crippen LogP contribution >= 0.6 is 28.6 Å². The van der Waals surface area contributed by atoms with Crippen LogP contribution in [-0.4, -0.2) is 12.6 Å². The largest absolute Gasteiger partial charge is 0.462 e. The number of ether oxygens (including phenoxy) is 1. The Morgan fingerprint density at radius 3 is 2.74 bits per heavy atom. The number of benzene rings is 1. The van der Waals surface area contributed by atoms with Gasteiger partial charge in [0, 0.05) is 9.37 Å². The summed E-state index contributed by atoms with van der Waals surface area (Å²) in [4.78, 5) is 12.6. The van der Waals surface area contributed by atoms with Gasteiger partial charge in [-0.1, -0.05) is 49.0 Å². The molecule has 1 aromatic rings. The number of esters is 1. The van der Waals surface area contributed by atoms with Crippen molar-refractivity contribution < 1.29 is 9.53 Å². The summed E-state index contributed by atoms with van der Waals surface area (Å²) in [6, 6.07) is 5.36. The Labute approximate surface area is 129 Å². The van der Waals surface area contributed by atoms with Crippen LogP contribution in [0.1, 0.15) is 49.9 Å². The van der Waals surface area contributed by atoms with E-state index >= 15 is 0 Å². The number of rotatable bonds is 7. The fourth-order valence-electron chi connectivity index (χ4n) is 1.85. The van der Waals surface area contributed by atoms with E-state index in [1.54, 1.807) is 12.1 Å². The molecule has 2 nitrogen and oxygen atoms in total. The highest BCUT2D eigenvalue weighted by molar-refractivity contribution is 9.10. The van der Waals surface area contributed by atoms with E-state index in [0.717, 1.165) is 17.3 Å². The molecule has 0 radical (unpaired) electrons. The van der Waals surface area contributed by atoms with E-state index in [2.05, 4.69) is 42.4 Å². The van der Waals surface area contributed by atoms with Crippen molar-refractivity contribution in [1.82, 2.24) is 0 Å². The highest BCUT2D eigenvalue weighted by Gasteiger charge is 2.14. The van der Waals surface area contributed by atoms with Crippen molar-refractivity contribution in [3.05, 3.63) is 28.2 Å². The Hall–Kier alpha value is -0.480. The van der Waals surface area contributed by atoms with Crippen molar-refractivity contribution in [2.24, 2.45) is 5.92 Å². The first-order chi connectivity index (χ1) is 9.08. The van der Waals surface area contributed by atoms with Gasteiger partial charge in [0.25, 0.3) is 0 Å². The molecule has 0 saturated heterocycles. The molecule has 0 aromatic heterocycles. The van der Waals surface area contributed by atoms with Gasteiger partial charge in [-0.3, -0.25) is 0 Å². The van der Waals surface area contributed by atoms with Gasteiger partial charge in [-0.25, -0.2) is 4.79 Å². The summed E-state index contributed by atoms with van der Waals surface area (Å²) in [5.74, 6) is 0.176. The first-order valence-electron chi connectivity index (χ1n) is 6.74. The topological polar surface area (TPSA) is 26.3 Å². The van der Waals surface area contributed by atoms with Crippen LogP contribution in [-0.2, 0) is 4.74 Å². The van der Waals surface area contributed by atoms with Crippen LogP contribution in [0.4, 0.5) is 0 Å². The second-order valence-electron chi connectivity index (χ2n) is 4.68. The fraction of sp³-hybridized carbons (Fsp3) is 0.533. The van der Waals surface area contributed by atoms with E-state index in [4.69, 9.17) is 4.74 Å². The third-order valence-electron chi connectivity index (χ3n) is 3.17. The van der Waals surface area contributed by atoms with Gasteiger partial charge in [0.1, 0.15) is 0 Å². The molecule has 1 aromatic carbocycles. The predicted octanol–water partition coefficient (Wildman–Crippen LogP) is 5.11. The summed E-state index contributed by atoms with van der Waals surface area (Å²) in [6.45, 7) is 4.81. The zero-order valence-corrected chi connectivity index (χ0v) is 14.0. The zero-order valence-electron chi connectivity index (χ0n) is 11.5. The normalized spacial score (nSPS) is 12.2. The van der Waals surface area contributed by atoms with E-state index in [1.165, 1.54) is 12.8 Å². The smallest absolute Gasteiger partial charge is 0.339 e. The van der Waals surface area contributed by atoms with E-state index in [-0.39, 0.29) is 5.97 Å². The minimum absolute atomic E-state index is 0.285. The number of hydrogen-bond donors (Lipinski definition) is 1. The Bertz CT molecular complexity index is 421. The Balaban J connectivity index is 2.54. The molecule has 0 fully saturated rings. The summed E-state index contributed by atoms with van der Waals surface area (Å²) in [6.07, 6.45) is 4.53. The summed E-state index contributed by atoms with van der Waals surface area (Å²) in [5.41, 5.74) is 0.525. The number of unbranched alkanes of at least 4 members (excludes halogenated alkanes) is 1. The van der Waals surface area contributed by atoms with Crippen LogP contribution in [0.5, 0.6) is 0 Å². The highest BCUT2D eigenvalue weighted by Crippen LogP contribution is 2.21. The number of thiol groups is 1. The predicted molar refractivity (Wildman–Crippen MR) is 85.0 cm³/mol. The molecular weight excluding hydrogens is 324 g/mol. The molecule has 0 N–H and O–H groups in total. The number of carbonyl (C=O) groups is 1. The zero-order chi connectivity index (χ0) is 14.3. The lowest BCUT2D eigenvalue weighted by molar-refractivity contribution is 0.0424. The van der Waals surface area contributed by atoms with Crippen LogP contribution in [0.3, 0.4) is 0 Å². The first-order valence-corrected chi connectivity index (χ1v) is 7.98. The lowest BCUT2D eigenvalue weighted by atomic mass is 10.0. The first kappa shape index (κ1) is 16.6. The molecule has 0 aliphatic heterocycles. The maximum atomic E-state index is 12.0. The molecule has 0 heterocycles. The third-order valence-corrected chi connectivity index (χ3v) is 4.04. The summed E-state index contributed by atoms with van der Waals surface area (Å²) in [5, 5.41) is 0. The van der Waals surface area contributed by atoms with Gasteiger partial charge >= 0.3 is 5.97 Å². The van der Waals surface area contributed by atoms with E-state index in [1.807, 2.05) is 6.07 Å². The van der Waals surface area contributed by atoms with Crippen LogP contribution in [0.2, 0.25) is 0 Å². The molecule has 0 aliphatic carbocycles. The molecule has 0 spiro atoms. The average molecular weight is 345 g/mol. The number of hydrogen-bond acceptors (Lipinski definition) is 3. The lowest BCUT2D eigenvalue weighted by Crippen LogP contribution is -2.14. The Morgan fingerprint density at radius 1 is 1.42 bits per heavy atom. The molecule has 0 aliphatic rings. The SMILES string of the molecule is CCCCC(CC)COC(=O)c1ccc(Br)cc1S. The molecular formula is C15H21BrO2S. The molecule has 4 heteroatoms. The average Bonchev–Trinajstić information content (AvgIpc) is 2.38. The molecule has 0 saturated carbocycles. The minimum Gasteiger partial charge on any atom is -0.462 e. The van der Waals surface area contributed by atoms with Gasteiger partial charge in [-0.15, -0.1) is 12.6 Å². The lowest BCUT2D eigenvalue weighted by Gasteiger charge is -2.15.